The van der Waals surface area contributed by atoms with Crippen molar-refractivity contribution in [3.05, 3.63) is 53.6 Å². The summed E-state index contributed by atoms with van der Waals surface area (Å²) in [6, 6.07) is 6.85. The van der Waals surface area contributed by atoms with Gasteiger partial charge in [-0.15, -0.1) is 0 Å². The van der Waals surface area contributed by atoms with Gasteiger partial charge < -0.3 is 5.73 Å². The lowest BCUT2D eigenvalue weighted by Crippen LogP contribution is -2.26. The normalized spacial score (nSPS) is 11.5. The van der Waals surface area contributed by atoms with Gasteiger partial charge in [0.05, 0.1) is 17.9 Å². The molecule has 6 nitrogen and oxygen atoms in total. The highest BCUT2D eigenvalue weighted by atomic mass is 32.2. The van der Waals surface area contributed by atoms with Gasteiger partial charge >= 0.3 is 0 Å². The molecule has 0 saturated heterocycles. The predicted molar refractivity (Wildman–Crippen MR) is 79.8 cm³/mol. The van der Waals surface area contributed by atoms with E-state index in [-0.39, 0.29) is 18.0 Å². The van der Waals surface area contributed by atoms with Crippen LogP contribution in [0, 0.1) is 0 Å². The molecule has 2 rings (SSSR count). The van der Waals surface area contributed by atoms with E-state index in [0.717, 1.165) is 17.7 Å². The second-order valence-electron chi connectivity index (χ2n) is 4.44. The zero-order valence-corrected chi connectivity index (χ0v) is 12.6. The van der Waals surface area contributed by atoms with Gasteiger partial charge in [0.2, 0.25) is 10.0 Å². The van der Waals surface area contributed by atoms with Gasteiger partial charge in [-0.05, 0) is 30.2 Å². The molecule has 7 heteroatoms. The van der Waals surface area contributed by atoms with Crippen molar-refractivity contribution in [1.82, 2.24) is 14.7 Å². The Hall–Kier alpha value is -1.83. The number of pyridine rings is 2. The van der Waals surface area contributed by atoms with E-state index < -0.39 is 10.0 Å². The maximum atomic E-state index is 12.4. The molecule has 3 N–H and O–H groups in total. The molecule has 0 aromatic carbocycles. The SMILES string of the molecule is CCc1cccnc1CNS(=O)(=O)c1cccnc1CN. The zero-order valence-electron chi connectivity index (χ0n) is 11.8. The number of aryl methyl sites for hydroxylation is 1. The van der Waals surface area contributed by atoms with Crippen LogP contribution >= 0.6 is 0 Å². The van der Waals surface area contributed by atoms with Crippen LogP contribution in [0.3, 0.4) is 0 Å². The second kappa shape index (κ2) is 6.75. The van der Waals surface area contributed by atoms with Gasteiger partial charge in [0.25, 0.3) is 0 Å². The highest BCUT2D eigenvalue weighted by Gasteiger charge is 2.18. The van der Waals surface area contributed by atoms with E-state index in [4.69, 9.17) is 5.73 Å². The maximum Gasteiger partial charge on any atom is 0.242 e. The molecule has 0 unspecified atom stereocenters. The van der Waals surface area contributed by atoms with Crippen LogP contribution in [-0.2, 0) is 29.5 Å². The summed E-state index contributed by atoms with van der Waals surface area (Å²) in [5.41, 5.74) is 7.62. The van der Waals surface area contributed by atoms with Gasteiger partial charge in [-0.3, -0.25) is 9.97 Å². The molecular formula is C14H18N4O2S. The molecule has 0 saturated carbocycles. The zero-order chi connectivity index (χ0) is 15.3. The van der Waals surface area contributed by atoms with Crippen LogP contribution in [0.15, 0.2) is 41.6 Å². The average Bonchev–Trinajstić information content (AvgIpc) is 2.53. The molecule has 21 heavy (non-hydrogen) atoms. The first-order valence-corrected chi connectivity index (χ1v) is 8.13. The smallest absolute Gasteiger partial charge is 0.242 e. The standard InChI is InChI=1S/C14H18N4O2S/c1-2-11-5-3-7-17-13(11)10-18-21(19,20)14-6-4-8-16-12(14)9-15/h3-8,18H,2,9-10,15H2,1H3. The van der Waals surface area contributed by atoms with Crippen LogP contribution in [0.2, 0.25) is 0 Å². The van der Waals surface area contributed by atoms with E-state index >= 15 is 0 Å². The first kappa shape index (κ1) is 15.6. The van der Waals surface area contributed by atoms with Gasteiger partial charge in [-0.1, -0.05) is 13.0 Å². The summed E-state index contributed by atoms with van der Waals surface area (Å²) in [5, 5.41) is 0. The van der Waals surface area contributed by atoms with Crippen LogP contribution in [-0.4, -0.2) is 18.4 Å². The molecule has 2 aromatic heterocycles. The second-order valence-corrected chi connectivity index (χ2v) is 6.18. The van der Waals surface area contributed by atoms with Crippen LogP contribution in [0.5, 0.6) is 0 Å². The topological polar surface area (TPSA) is 98.0 Å². The van der Waals surface area contributed by atoms with Crippen molar-refractivity contribution in [2.45, 2.75) is 31.3 Å². The first-order chi connectivity index (χ1) is 10.1. The lowest BCUT2D eigenvalue weighted by atomic mass is 10.1. The number of nitrogens with one attached hydrogen (secondary N) is 1. The van der Waals surface area contributed by atoms with Crippen molar-refractivity contribution in [1.29, 1.82) is 0 Å². The van der Waals surface area contributed by atoms with Crippen molar-refractivity contribution in [2.24, 2.45) is 5.73 Å². The number of rotatable bonds is 6. The van der Waals surface area contributed by atoms with Crippen molar-refractivity contribution in [3.8, 4) is 0 Å². The number of hydrogen-bond donors (Lipinski definition) is 2. The fourth-order valence-electron chi connectivity index (χ4n) is 2.01. The van der Waals surface area contributed by atoms with Gasteiger partial charge in [0.15, 0.2) is 0 Å². The predicted octanol–water partition coefficient (Wildman–Crippen LogP) is 0.976. The van der Waals surface area contributed by atoms with Crippen LogP contribution < -0.4 is 10.5 Å². The minimum absolute atomic E-state index is 0.0703. The van der Waals surface area contributed by atoms with Crippen LogP contribution in [0.1, 0.15) is 23.9 Å². The van der Waals surface area contributed by atoms with E-state index in [9.17, 15) is 8.42 Å². The third-order valence-electron chi connectivity index (χ3n) is 3.13. The van der Waals surface area contributed by atoms with Crippen molar-refractivity contribution >= 4 is 10.0 Å². The minimum atomic E-state index is -3.66. The Balaban J connectivity index is 2.22. The van der Waals surface area contributed by atoms with Crippen LogP contribution in [0.4, 0.5) is 0 Å². The Bertz CT molecular complexity index is 716. The Morgan fingerprint density at radius 1 is 1.14 bits per heavy atom. The number of sulfonamides is 1. The first-order valence-electron chi connectivity index (χ1n) is 6.65. The van der Waals surface area contributed by atoms with E-state index in [0.29, 0.717) is 5.69 Å². The molecule has 2 heterocycles. The molecule has 0 atom stereocenters. The Morgan fingerprint density at radius 3 is 2.48 bits per heavy atom. The van der Waals surface area contributed by atoms with E-state index in [1.54, 1.807) is 12.3 Å². The molecule has 0 bridgehead atoms. The summed E-state index contributed by atoms with van der Waals surface area (Å²) in [7, 11) is -3.66. The summed E-state index contributed by atoms with van der Waals surface area (Å²) < 4.78 is 27.3. The number of nitrogens with two attached hydrogens (primary N) is 1. The van der Waals surface area contributed by atoms with Gasteiger partial charge in [-0.2, -0.15) is 0 Å². The monoisotopic (exact) mass is 306 g/mol. The molecule has 0 aliphatic heterocycles. The van der Waals surface area contributed by atoms with Crippen LogP contribution in [0.25, 0.3) is 0 Å². The average molecular weight is 306 g/mol. The molecule has 0 aliphatic carbocycles. The summed E-state index contributed by atoms with van der Waals surface area (Å²) in [6.07, 6.45) is 3.97. The minimum Gasteiger partial charge on any atom is -0.325 e. The largest absolute Gasteiger partial charge is 0.325 e. The molecule has 2 aromatic rings. The Labute approximate surface area is 124 Å². The van der Waals surface area contributed by atoms with Gasteiger partial charge in [0, 0.05) is 18.9 Å². The molecule has 0 spiro atoms. The molecule has 112 valence electrons. The molecule has 0 amide bonds. The van der Waals surface area contributed by atoms with E-state index in [1.807, 2.05) is 19.1 Å². The molecule has 0 fully saturated rings. The van der Waals surface area contributed by atoms with E-state index in [1.165, 1.54) is 12.3 Å². The number of hydrogen-bond acceptors (Lipinski definition) is 5. The highest BCUT2D eigenvalue weighted by Crippen LogP contribution is 2.13. The van der Waals surface area contributed by atoms with Gasteiger partial charge in [0.1, 0.15) is 4.90 Å². The quantitative estimate of drug-likeness (QED) is 0.829. The third-order valence-corrected chi connectivity index (χ3v) is 4.60. The lowest BCUT2D eigenvalue weighted by molar-refractivity contribution is 0.578. The van der Waals surface area contributed by atoms with Crippen molar-refractivity contribution in [3.63, 3.8) is 0 Å². The summed E-state index contributed by atoms with van der Waals surface area (Å²) in [6.45, 7) is 2.22. The number of nitrogens with zero attached hydrogens (tertiary/aromatic N) is 2. The van der Waals surface area contributed by atoms with Crippen molar-refractivity contribution < 1.29 is 8.42 Å². The molecular weight excluding hydrogens is 288 g/mol. The fraction of sp³-hybridized carbons (Fsp3) is 0.286. The maximum absolute atomic E-state index is 12.4. The Morgan fingerprint density at radius 2 is 1.81 bits per heavy atom. The highest BCUT2D eigenvalue weighted by molar-refractivity contribution is 7.89. The third kappa shape index (κ3) is 3.63. The summed E-state index contributed by atoms with van der Waals surface area (Å²) >= 11 is 0. The molecule has 0 radical (unpaired) electrons. The summed E-state index contributed by atoms with van der Waals surface area (Å²) in [4.78, 5) is 8.33. The Kier molecular flexibility index (Phi) is 5.00. The lowest BCUT2D eigenvalue weighted by Gasteiger charge is -2.11. The van der Waals surface area contributed by atoms with Crippen molar-refractivity contribution in [2.75, 3.05) is 0 Å². The molecule has 0 aliphatic rings. The fourth-order valence-corrected chi connectivity index (χ4v) is 3.20. The van der Waals surface area contributed by atoms with Gasteiger partial charge in [-0.25, -0.2) is 13.1 Å². The van der Waals surface area contributed by atoms with E-state index in [2.05, 4.69) is 14.7 Å². The summed E-state index contributed by atoms with van der Waals surface area (Å²) in [5.74, 6) is 0. The number of aromatic nitrogens is 2.